The van der Waals surface area contributed by atoms with Crippen LogP contribution in [0.4, 0.5) is 5.82 Å². The third-order valence-electron chi connectivity index (χ3n) is 5.71. The van der Waals surface area contributed by atoms with E-state index in [0.717, 1.165) is 60.6 Å². The monoisotopic (exact) mass is 376 g/mol. The van der Waals surface area contributed by atoms with Crippen LogP contribution in [0.3, 0.4) is 0 Å². The van der Waals surface area contributed by atoms with E-state index in [4.69, 9.17) is 4.98 Å². The summed E-state index contributed by atoms with van der Waals surface area (Å²) < 4.78 is 2.18. The summed E-state index contributed by atoms with van der Waals surface area (Å²) in [5.74, 6) is 1.00. The number of anilines is 1. The lowest BCUT2D eigenvalue weighted by atomic mass is 10.1. The fourth-order valence-corrected chi connectivity index (χ4v) is 4.27. The van der Waals surface area contributed by atoms with Gasteiger partial charge < -0.3 is 20.1 Å². The van der Waals surface area contributed by atoms with Crippen molar-refractivity contribution in [1.29, 1.82) is 0 Å². The summed E-state index contributed by atoms with van der Waals surface area (Å²) in [4.78, 5) is 24.0. The number of hydrogen-bond donors (Lipinski definition) is 2. The number of fused-ring (bicyclic) bond motifs is 5. The van der Waals surface area contributed by atoms with Gasteiger partial charge in [0.15, 0.2) is 0 Å². The number of aryl methyl sites for hydroxylation is 1. The third kappa shape index (κ3) is 3.01. The molecule has 2 N–H and O–H groups in total. The number of para-hydroxylation sites is 1. The minimum absolute atomic E-state index is 0.132. The van der Waals surface area contributed by atoms with Crippen molar-refractivity contribution in [1.82, 2.24) is 24.8 Å². The van der Waals surface area contributed by atoms with Crippen molar-refractivity contribution in [3.63, 3.8) is 0 Å². The summed E-state index contributed by atoms with van der Waals surface area (Å²) in [5, 5.41) is 6.86. The van der Waals surface area contributed by atoms with Crippen LogP contribution in [-0.2, 0) is 11.3 Å². The maximum absolute atomic E-state index is 12.8. The topological polar surface area (TPSA) is 75.1 Å². The molecule has 144 valence electrons. The first-order chi connectivity index (χ1) is 13.7. The number of carbonyl (C=O) groups is 1. The smallest absolute Gasteiger partial charge is 0.239 e. The number of amides is 1. The molecule has 7 nitrogen and oxygen atoms in total. The molecule has 0 unspecified atom stereocenters. The Labute approximate surface area is 163 Å². The van der Waals surface area contributed by atoms with Gasteiger partial charge in [-0.05, 0) is 31.0 Å². The minimum atomic E-state index is -0.132. The molecule has 0 aliphatic carbocycles. The molecule has 1 amide bonds. The Bertz CT molecular complexity index is 1030. The molecule has 1 saturated heterocycles. The van der Waals surface area contributed by atoms with Crippen LogP contribution in [0.15, 0.2) is 42.7 Å². The summed E-state index contributed by atoms with van der Waals surface area (Å²) in [7, 11) is 1.89. The second-order valence-corrected chi connectivity index (χ2v) is 7.67. The zero-order valence-electron chi connectivity index (χ0n) is 15.9. The number of nitrogens with zero attached hydrogens (tertiary/aromatic N) is 4. The third-order valence-corrected chi connectivity index (χ3v) is 5.71. The van der Waals surface area contributed by atoms with E-state index in [0.29, 0.717) is 0 Å². The van der Waals surface area contributed by atoms with Crippen LogP contribution in [0.2, 0.25) is 0 Å². The predicted molar refractivity (Wildman–Crippen MR) is 109 cm³/mol. The fraction of sp³-hybridized carbons (Fsp3) is 0.381. The van der Waals surface area contributed by atoms with E-state index in [2.05, 4.69) is 26.3 Å². The van der Waals surface area contributed by atoms with Gasteiger partial charge in [0.25, 0.3) is 0 Å². The van der Waals surface area contributed by atoms with Crippen molar-refractivity contribution >= 4 is 22.8 Å². The average molecular weight is 376 g/mol. The number of likely N-dealkylation sites (N-methyl/N-ethyl adjacent to an activating group) is 1. The van der Waals surface area contributed by atoms with E-state index in [1.165, 1.54) is 0 Å². The van der Waals surface area contributed by atoms with Gasteiger partial charge >= 0.3 is 0 Å². The van der Waals surface area contributed by atoms with Crippen molar-refractivity contribution < 1.29 is 4.79 Å². The normalized spacial score (nSPS) is 22.6. The molecule has 7 heteroatoms. The summed E-state index contributed by atoms with van der Waals surface area (Å²) in [6.45, 7) is 2.30. The first-order valence-electron chi connectivity index (χ1n) is 9.85. The van der Waals surface area contributed by atoms with Crippen LogP contribution in [-0.4, -0.2) is 57.6 Å². The minimum Gasteiger partial charge on any atom is -0.366 e. The van der Waals surface area contributed by atoms with E-state index < -0.39 is 0 Å². The second-order valence-electron chi connectivity index (χ2n) is 7.67. The standard InChI is InChI=1S/C21H24N6O/c1-26-9-4-10-27-13-23-17-7-2-5-15(20(17)27)16-6-3-8-19(25-16)24-14-11-18(21(26)28)22-12-14/h2-3,5-8,13-14,18,22H,4,9-12H2,1H3,(H,24,25)/t14-,18-/m0/s1. The molecule has 1 fully saturated rings. The van der Waals surface area contributed by atoms with Gasteiger partial charge in [0.05, 0.1) is 29.1 Å². The number of rotatable bonds is 0. The number of hydrogen-bond acceptors (Lipinski definition) is 5. The predicted octanol–water partition coefficient (Wildman–Crippen LogP) is 2.10. The maximum atomic E-state index is 12.8. The first kappa shape index (κ1) is 17.2. The lowest BCUT2D eigenvalue weighted by Crippen LogP contribution is -2.42. The summed E-state index contributed by atoms with van der Waals surface area (Å²) in [6, 6.07) is 12.3. The zero-order valence-corrected chi connectivity index (χ0v) is 15.9. The van der Waals surface area contributed by atoms with Crippen LogP contribution in [0, 0.1) is 0 Å². The van der Waals surface area contributed by atoms with Crippen LogP contribution in [0.25, 0.3) is 22.3 Å². The van der Waals surface area contributed by atoms with Crippen LogP contribution < -0.4 is 10.6 Å². The molecule has 0 saturated carbocycles. The van der Waals surface area contributed by atoms with Gasteiger partial charge in [-0.25, -0.2) is 9.97 Å². The van der Waals surface area contributed by atoms with Crippen LogP contribution in [0.5, 0.6) is 0 Å². The van der Waals surface area contributed by atoms with E-state index in [9.17, 15) is 4.79 Å². The van der Waals surface area contributed by atoms with Gasteiger partial charge in [-0.3, -0.25) is 4.79 Å². The Kier molecular flexibility index (Phi) is 4.24. The Balaban J connectivity index is 1.59. The molecule has 4 bridgehead atoms. The van der Waals surface area contributed by atoms with Gasteiger partial charge in [0, 0.05) is 38.3 Å². The number of imidazole rings is 1. The fourth-order valence-electron chi connectivity index (χ4n) is 4.27. The molecule has 5 rings (SSSR count). The average Bonchev–Trinajstić information content (AvgIpc) is 3.34. The number of aromatic nitrogens is 3. The molecular formula is C21H24N6O. The summed E-state index contributed by atoms with van der Waals surface area (Å²) in [5.41, 5.74) is 4.08. The molecule has 2 atom stereocenters. The lowest BCUT2D eigenvalue weighted by molar-refractivity contribution is -0.131. The van der Waals surface area contributed by atoms with Crippen molar-refractivity contribution in [2.75, 3.05) is 25.5 Å². The zero-order chi connectivity index (χ0) is 19.1. The number of carbonyl (C=O) groups excluding carboxylic acids is 1. The molecule has 1 aromatic carbocycles. The molecule has 2 aromatic heterocycles. The quantitative estimate of drug-likeness (QED) is 0.629. The number of pyridine rings is 1. The van der Waals surface area contributed by atoms with Crippen molar-refractivity contribution in [2.24, 2.45) is 0 Å². The van der Waals surface area contributed by atoms with Crippen LogP contribution in [0.1, 0.15) is 12.8 Å². The Morgan fingerprint density at radius 3 is 2.96 bits per heavy atom. The second kappa shape index (κ2) is 6.91. The van der Waals surface area contributed by atoms with Gasteiger partial charge in [-0.1, -0.05) is 18.2 Å². The van der Waals surface area contributed by atoms with Crippen molar-refractivity contribution in [3.8, 4) is 11.3 Å². The Morgan fingerprint density at radius 1 is 1.14 bits per heavy atom. The maximum Gasteiger partial charge on any atom is 0.239 e. The highest BCUT2D eigenvalue weighted by atomic mass is 16.2. The Hall–Kier alpha value is -2.93. The number of benzene rings is 1. The van der Waals surface area contributed by atoms with E-state index in [1.54, 1.807) is 0 Å². The van der Waals surface area contributed by atoms with E-state index in [1.807, 2.05) is 48.6 Å². The van der Waals surface area contributed by atoms with Gasteiger partial charge in [-0.2, -0.15) is 0 Å². The van der Waals surface area contributed by atoms with Gasteiger partial charge in [-0.15, -0.1) is 0 Å². The molecular weight excluding hydrogens is 352 g/mol. The summed E-state index contributed by atoms with van der Waals surface area (Å²) in [6.07, 6.45) is 3.54. The number of nitrogens with one attached hydrogen (secondary N) is 2. The van der Waals surface area contributed by atoms with Gasteiger partial charge in [0.1, 0.15) is 5.82 Å². The highest BCUT2D eigenvalue weighted by molar-refractivity contribution is 5.91. The molecule has 28 heavy (non-hydrogen) atoms. The van der Waals surface area contributed by atoms with Crippen molar-refractivity contribution in [3.05, 3.63) is 42.7 Å². The van der Waals surface area contributed by atoms with Gasteiger partial charge in [0.2, 0.25) is 5.91 Å². The molecule has 0 spiro atoms. The molecule has 0 radical (unpaired) electrons. The molecule has 3 aromatic rings. The lowest BCUT2D eigenvalue weighted by Gasteiger charge is -2.21. The SMILES string of the molecule is CN1CCCn2cnc3cccc(c32)-c2cccc(n2)N[C@@H]2CN[C@@H](C2)C1=O. The van der Waals surface area contributed by atoms with Crippen molar-refractivity contribution in [2.45, 2.75) is 31.5 Å². The Morgan fingerprint density at radius 2 is 2.04 bits per heavy atom. The molecule has 2 aliphatic heterocycles. The highest BCUT2D eigenvalue weighted by Gasteiger charge is 2.31. The summed E-state index contributed by atoms with van der Waals surface area (Å²) >= 11 is 0. The molecule has 2 aliphatic rings. The van der Waals surface area contributed by atoms with Crippen LogP contribution >= 0.6 is 0 Å². The molecule has 4 heterocycles. The highest BCUT2D eigenvalue weighted by Crippen LogP contribution is 2.28. The van der Waals surface area contributed by atoms with E-state index >= 15 is 0 Å². The van der Waals surface area contributed by atoms with E-state index in [-0.39, 0.29) is 18.0 Å². The largest absolute Gasteiger partial charge is 0.366 e. The first-order valence-corrected chi connectivity index (χ1v) is 9.85.